The molecular weight excluding hydrogens is 436 g/mol. The predicted molar refractivity (Wildman–Crippen MR) is 142 cm³/mol. The molecule has 6 heteroatoms. The molecule has 0 bridgehead atoms. The lowest BCUT2D eigenvalue weighted by Gasteiger charge is -2.29. The topological polar surface area (TPSA) is 65.6 Å². The summed E-state index contributed by atoms with van der Waals surface area (Å²) >= 11 is 0. The Morgan fingerprint density at radius 3 is 2.40 bits per heavy atom. The minimum atomic E-state index is -0.0862. The number of hydrazine groups is 1. The molecule has 0 saturated carbocycles. The molecule has 0 spiro atoms. The zero-order valence-corrected chi connectivity index (χ0v) is 21.1. The van der Waals surface area contributed by atoms with Crippen LogP contribution in [0.1, 0.15) is 40.8 Å². The van der Waals surface area contributed by atoms with Crippen LogP contribution in [0.3, 0.4) is 0 Å². The van der Waals surface area contributed by atoms with Crippen LogP contribution < -0.4 is 20.9 Å². The highest BCUT2D eigenvalue weighted by Gasteiger charge is 2.31. The van der Waals surface area contributed by atoms with Crippen LogP contribution in [0.4, 0.5) is 10.5 Å². The van der Waals surface area contributed by atoms with Gasteiger partial charge in [-0.05, 0) is 60.7 Å². The van der Waals surface area contributed by atoms with Crippen LogP contribution in [0, 0.1) is 19.8 Å². The minimum absolute atomic E-state index is 0.0862. The van der Waals surface area contributed by atoms with Gasteiger partial charge in [-0.15, -0.1) is 0 Å². The second-order valence-corrected chi connectivity index (χ2v) is 9.34. The molecule has 4 rings (SSSR count). The number of hydrogen-bond donors (Lipinski definition) is 3. The fourth-order valence-electron chi connectivity index (χ4n) is 4.62. The first-order valence-electron chi connectivity index (χ1n) is 12.3. The highest BCUT2D eigenvalue weighted by molar-refractivity contribution is 5.90. The smallest absolute Gasteiger partial charge is 0.322 e. The molecular formula is C29H36N4O2. The van der Waals surface area contributed by atoms with Crippen molar-refractivity contribution in [2.24, 2.45) is 5.92 Å². The Morgan fingerprint density at radius 1 is 1.03 bits per heavy atom. The number of aryl methyl sites for hydroxylation is 3. The van der Waals surface area contributed by atoms with E-state index in [1.807, 2.05) is 36.1 Å². The number of nitrogens with zero attached hydrogens (tertiary/aromatic N) is 1. The number of nitrogens with one attached hydrogen (secondary N) is 3. The van der Waals surface area contributed by atoms with Crippen LogP contribution in [0.2, 0.25) is 0 Å². The third-order valence-electron chi connectivity index (χ3n) is 6.74. The van der Waals surface area contributed by atoms with Gasteiger partial charge in [0.05, 0.1) is 13.2 Å². The molecule has 0 radical (unpaired) electrons. The van der Waals surface area contributed by atoms with Gasteiger partial charge in [-0.25, -0.2) is 10.2 Å². The number of rotatable bonds is 8. The summed E-state index contributed by atoms with van der Waals surface area (Å²) in [7, 11) is 1.67. The number of carbonyl (C=O) groups excluding carboxylic acids is 1. The summed E-state index contributed by atoms with van der Waals surface area (Å²) in [6.45, 7) is 8.18. The molecule has 1 aliphatic heterocycles. The first-order chi connectivity index (χ1) is 17.0. The van der Waals surface area contributed by atoms with E-state index in [2.05, 4.69) is 72.5 Å². The Morgan fingerprint density at radius 2 is 1.74 bits per heavy atom. The standard InChI is InChI=1S/C29H36N4O2/c1-5-22-7-9-23(10-8-22)18-33(29(34)31-27-15-6-20(2)16-21(27)3)19-25-17-30-32-28(25)24-11-13-26(35-4)14-12-24/h6-16,25,28,30,32H,5,17-19H2,1-4H3,(H,31,34). The molecule has 184 valence electrons. The average molecular weight is 473 g/mol. The van der Waals surface area contributed by atoms with Gasteiger partial charge in [0.15, 0.2) is 0 Å². The summed E-state index contributed by atoms with van der Waals surface area (Å²) < 4.78 is 5.31. The van der Waals surface area contributed by atoms with E-state index in [0.29, 0.717) is 13.1 Å². The van der Waals surface area contributed by atoms with Crippen molar-refractivity contribution in [2.45, 2.75) is 39.8 Å². The largest absolute Gasteiger partial charge is 0.497 e. The van der Waals surface area contributed by atoms with Crippen molar-refractivity contribution in [1.82, 2.24) is 15.8 Å². The highest BCUT2D eigenvalue weighted by atomic mass is 16.5. The van der Waals surface area contributed by atoms with E-state index in [-0.39, 0.29) is 18.0 Å². The monoisotopic (exact) mass is 472 g/mol. The van der Waals surface area contributed by atoms with Gasteiger partial charge in [-0.3, -0.25) is 5.43 Å². The van der Waals surface area contributed by atoms with Gasteiger partial charge in [-0.1, -0.05) is 61.0 Å². The molecule has 1 heterocycles. The van der Waals surface area contributed by atoms with Gasteiger partial charge < -0.3 is 15.0 Å². The van der Waals surface area contributed by atoms with Crippen molar-refractivity contribution in [3.05, 3.63) is 94.5 Å². The van der Waals surface area contributed by atoms with Crippen LogP contribution in [0.25, 0.3) is 0 Å². The molecule has 1 saturated heterocycles. The maximum atomic E-state index is 13.5. The first-order valence-corrected chi connectivity index (χ1v) is 12.3. The zero-order chi connectivity index (χ0) is 24.8. The average Bonchev–Trinajstić information content (AvgIpc) is 3.34. The lowest BCUT2D eigenvalue weighted by molar-refractivity contribution is 0.196. The molecule has 35 heavy (non-hydrogen) atoms. The quantitative estimate of drug-likeness (QED) is 0.412. The second kappa shape index (κ2) is 11.4. The van der Waals surface area contributed by atoms with E-state index in [0.717, 1.165) is 35.5 Å². The number of hydrogen-bond acceptors (Lipinski definition) is 4. The lowest BCUT2D eigenvalue weighted by Crippen LogP contribution is -2.40. The number of urea groups is 1. The van der Waals surface area contributed by atoms with Gasteiger partial charge in [0.2, 0.25) is 0 Å². The van der Waals surface area contributed by atoms with Crippen LogP contribution in [0.5, 0.6) is 5.75 Å². The molecule has 0 aliphatic carbocycles. The zero-order valence-electron chi connectivity index (χ0n) is 21.1. The molecule has 3 N–H and O–H groups in total. The van der Waals surface area contributed by atoms with E-state index in [4.69, 9.17) is 4.74 Å². The number of benzene rings is 3. The maximum absolute atomic E-state index is 13.5. The summed E-state index contributed by atoms with van der Waals surface area (Å²) in [6, 6.07) is 22.8. The van der Waals surface area contributed by atoms with Crippen LogP contribution in [-0.2, 0) is 13.0 Å². The van der Waals surface area contributed by atoms with Gasteiger partial charge in [0, 0.05) is 31.2 Å². The summed E-state index contributed by atoms with van der Waals surface area (Å²) in [6.07, 6.45) is 1.00. The van der Waals surface area contributed by atoms with Gasteiger partial charge in [-0.2, -0.15) is 0 Å². The molecule has 2 atom stereocenters. The third kappa shape index (κ3) is 6.21. The van der Waals surface area contributed by atoms with Gasteiger partial charge >= 0.3 is 6.03 Å². The molecule has 6 nitrogen and oxygen atoms in total. The van der Waals surface area contributed by atoms with E-state index in [9.17, 15) is 4.79 Å². The number of amides is 2. The van der Waals surface area contributed by atoms with Crippen molar-refractivity contribution >= 4 is 11.7 Å². The summed E-state index contributed by atoms with van der Waals surface area (Å²) in [4.78, 5) is 15.5. The Labute approximate surface area is 208 Å². The first kappa shape index (κ1) is 24.8. The third-order valence-corrected chi connectivity index (χ3v) is 6.74. The number of ether oxygens (including phenoxy) is 1. The SMILES string of the molecule is CCc1ccc(CN(CC2CNNC2c2ccc(OC)cc2)C(=O)Nc2ccc(C)cc2C)cc1. The number of methoxy groups -OCH3 is 1. The van der Waals surface area contributed by atoms with Crippen molar-refractivity contribution in [2.75, 3.05) is 25.5 Å². The molecule has 0 aromatic heterocycles. The van der Waals surface area contributed by atoms with Crippen molar-refractivity contribution in [3.63, 3.8) is 0 Å². The predicted octanol–water partition coefficient (Wildman–Crippen LogP) is 5.37. The summed E-state index contributed by atoms with van der Waals surface area (Å²) in [5.74, 6) is 1.05. The Kier molecular flexibility index (Phi) is 8.06. The van der Waals surface area contributed by atoms with E-state index >= 15 is 0 Å². The normalized spacial score (nSPS) is 17.3. The second-order valence-electron chi connectivity index (χ2n) is 9.34. The van der Waals surface area contributed by atoms with E-state index < -0.39 is 0 Å². The fraction of sp³-hybridized carbons (Fsp3) is 0.345. The molecule has 1 aliphatic rings. The minimum Gasteiger partial charge on any atom is -0.497 e. The Balaban J connectivity index is 1.55. The van der Waals surface area contributed by atoms with Crippen LogP contribution >= 0.6 is 0 Å². The van der Waals surface area contributed by atoms with Crippen LogP contribution in [-0.4, -0.2) is 31.1 Å². The van der Waals surface area contributed by atoms with Gasteiger partial charge in [0.25, 0.3) is 0 Å². The molecule has 3 aromatic carbocycles. The number of anilines is 1. The molecule has 2 amide bonds. The van der Waals surface area contributed by atoms with Crippen molar-refractivity contribution < 1.29 is 9.53 Å². The molecule has 2 unspecified atom stereocenters. The van der Waals surface area contributed by atoms with Crippen molar-refractivity contribution in [1.29, 1.82) is 0 Å². The highest BCUT2D eigenvalue weighted by Crippen LogP contribution is 2.28. The Bertz CT molecular complexity index is 1130. The number of carbonyl (C=O) groups is 1. The summed E-state index contributed by atoms with van der Waals surface area (Å²) in [5.41, 5.74) is 13.4. The Hall–Kier alpha value is -3.35. The van der Waals surface area contributed by atoms with E-state index in [1.54, 1.807) is 7.11 Å². The van der Waals surface area contributed by atoms with Gasteiger partial charge in [0.1, 0.15) is 5.75 Å². The van der Waals surface area contributed by atoms with E-state index in [1.165, 1.54) is 16.7 Å². The molecule has 3 aromatic rings. The lowest BCUT2D eigenvalue weighted by atomic mass is 9.94. The van der Waals surface area contributed by atoms with Crippen molar-refractivity contribution in [3.8, 4) is 5.75 Å². The molecule has 1 fully saturated rings. The fourth-order valence-corrected chi connectivity index (χ4v) is 4.62. The maximum Gasteiger partial charge on any atom is 0.322 e. The van der Waals surface area contributed by atoms with Crippen LogP contribution in [0.15, 0.2) is 66.7 Å². The summed E-state index contributed by atoms with van der Waals surface area (Å²) in [5, 5.41) is 3.15.